The van der Waals surface area contributed by atoms with Gasteiger partial charge in [-0.2, -0.15) is 0 Å². The first-order valence-corrected chi connectivity index (χ1v) is 8.34. The fourth-order valence-electron chi connectivity index (χ4n) is 3.48. The van der Waals surface area contributed by atoms with Gasteiger partial charge in [0.25, 0.3) is 0 Å². The van der Waals surface area contributed by atoms with Gasteiger partial charge in [0.05, 0.1) is 6.10 Å². The minimum Gasteiger partial charge on any atom is -0.364 e. The van der Waals surface area contributed by atoms with Crippen LogP contribution in [0.25, 0.3) is 0 Å². The van der Waals surface area contributed by atoms with Crippen LogP contribution in [0.1, 0.15) is 64.7 Å². The second kappa shape index (κ2) is 7.99. The Morgan fingerprint density at radius 1 is 1.05 bits per heavy atom. The van der Waals surface area contributed by atoms with Gasteiger partial charge >= 0.3 is 0 Å². The summed E-state index contributed by atoms with van der Waals surface area (Å²) in [6.45, 7) is 1.89. The third-order valence-corrected chi connectivity index (χ3v) is 4.77. The summed E-state index contributed by atoms with van der Waals surface area (Å²) in [6.07, 6.45) is 10.6. The van der Waals surface area contributed by atoms with Crippen LogP contribution in [0, 0.1) is 0 Å². The normalized spacial score (nSPS) is 29.9. The summed E-state index contributed by atoms with van der Waals surface area (Å²) in [6, 6.07) is 0.766. The summed E-state index contributed by atoms with van der Waals surface area (Å²) in [4.78, 5) is 12.2. The Labute approximate surface area is 123 Å². The maximum atomic E-state index is 12.2. The van der Waals surface area contributed by atoms with E-state index in [-0.39, 0.29) is 18.1 Å². The Balaban J connectivity index is 1.77. The van der Waals surface area contributed by atoms with Gasteiger partial charge in [-0.05, 0) is 39.7 Å². The van der Waals surface area contributed by atoms with Gasteiger partial charge in [-0.3, -0.25) is 4.79 Å². The minimum absolute atomic E-state index is 0.0670. The third kappa shape index (κ3) is 4.45. The van der Waals surface area contributed by atoms with Gasteiger partial charge in [-0.1, -0.05) is 32.1 Å². The van der Waals surface area contributed by atoms with Gasteiger partial charge in [-0.15, -0.1) is 0 Å². The molecule has 0 bridgehead atoms. The summed E-state index contributed by atoms with van der Waals surface area (Å²) >= 11 is 0. The Morgan fingerprint density at radius 3 is 2.40 bits per heavy atom. The number of ether oxygens (including phenoxy) is 1. The largest absolute Gasteiger partial charge is 0.364 e. The number of rotatable bonds is 5. The highest BCUT2D eigenvalue weighted by Crippen LogP contribution is 2.22. The topological polar surface area (TPSA) is 50.4 Å². The average Bonchev–Trinajstić information content (AvgIpc) is 2.48. The highest BCUT2D eigenvalue weighted by Gasteiger charge is 2.28. The summed E-state index contributed by atoms with van der Waals surface area (Å²) < 4.78 is 6.02. The van der Waals surface area contributed by atoms with Gasteiger partial charge in [0.2, 0.25) is 5.91 Å². The van der Waals surface area contributed by atoms with Crippen molar-refractivity contribution in [1.29, 1.82) is 0 Å². The summed E-state index contributed by atoms with van der Waals surface area (Å²) in [5, 5.41) is 6.48. The molecule has 2 rings (SSSR count). The van der Waals surface area contributed by atoms with Crippen molar-refractivity contribution in [3.05, 3.63) is 0 Å². The van der Waals surface area contributed by atoms with Crippen LogP contribution in [0.3, 0.4) is 0 Å². The van der Waals surface area contributed by atoms with Crippen molar-refractivity contribution in [3.8, 4) is 0 Å². The number of hydrogen-bond donors (Lipinski definition) is 2. The van der Waals surface area contributed by atoms with E-state index in [4.69, 9.17) is 4.74 Å². The van der Waals surface area contributed by atoms with E-state index in [9.17, 15) is 4.79 Å². The van der Waals surface area contributed by atoms with Crippen LogP contribution in [0.4, 0.5) is 0 Å². The minimum atomic E-state index is -0.337. The average molecular weight is 282 g/mol. The number of likely N-dealkylation sites (N-methyl/N-ethyl adjacent to an activating group) is 1. The molecule has 116 valence electrons. The number of carbonyl (C=O) groups is 1. The van der Waals surface area contributed by atoms with Crippen molar-refractivity contribution < 1.29 is 9.53 Å². The van der Waals surface area contributed by atoms with Gasteiger partial charge in [0.15, 0.2) is 0 Å². The first-order chi connectivity index (χ1) is 9.70. The maximum Gasteiger partial charge on any atom is 0.249 e. The molecule has 0 aromatic rings. The van der Waals surface area contributed by atoms with Crippen molar-refractivity contribution in [2.75, 3.05) is 7.05 Å². The molecule has 0 aromatic carbocycles. The van der Waals surface area contributed by atoms with E-state index in [1.807, 2.05) is 14.0 Å². The molecule has 0 aromatic heterocycles. The monoisotopic (exact) mass is 282 g/mol. The first-order valence-electron chi connectivity index (χ1n) is 8.34. The van der Waals surface area contributed by atoms with Crippen molar-refractivity contribution >= 4 is 5.91 Å². The molecule has 1 amide bonds. The molecule has 2 saturated carbocycles. The molecule has 0 heterocycles. The molecular weight excluding hydrogens is 252 g/mol. The molecule has 0 spiro atoms. The number of nitrogens with one attached hydrogen (secondary N) is 2. The number of hydrogen-bond acceptors (Lipinski definition) is 3. The molecule has 0 aliphatic heterocycles. The van der Waals surface area contributed by atoms with Crippen LogP contribution in [-0.4, -0.2) is 37.2 Å². The summed E-state index contributed by atoms with van der Waals surface area (Å²) in [7, 11) is 1.99. The highest BCUT2D eigenvalue weighted by atomic mass is 16.5. The van der Waals surface area contributed by atoms with Gasteiger partial charge in [0, 0.05) is 12.1 Å². The van der Waals surface area contributed by atoms with E-state index in [0.717, 1.165) is 25.7 Å². The molecule has 3 atom stereocenters. The lowest BCUT2D eigenvalue weighted by molar-refractivity contribution is -0.138. The quantitative estimate of drug-likeness (QED) is 0.814. The first kappa shape index (κ1) is 15.8. The van der Waals surface area contributed by atoms with E-state index in [1.165, 1.54) is 32.1 Å². The van der Waals surface area contributed by atoms with E-state index in [2.05, 4.69) is 10.6 Å². The number of amides is 1. The second-order valence-corrected chi connectivity index (χ2v) is 6.34. The zero-order valence-electron chi connectivity index (χ0n) is 13.0. The third-order valence-electron chi connectivity index (χ3n) is 4.77. The van der Waals surface area contributed by atoms with E-state index >= 15 is 0 Å². The van der Waals surface area contributed by atoms with Crippen LogP contribution in [0.5, 0.6) is 0 Å². The lowest BCUT2D eigenvalue weighted by Crippen LogP contribution is -2.48. The predicted octanol–water partition coefficient (Wildman–Crippen LogP) is 2.37. The second-order valence-electron chi connectivity index (χ2n) is 6.34. The van der Waals surface area contributed by atoms with Crippen LogP contribution >= 0.6 is 0 Å². The molecule has 0 saturated heterocycles. The van der Waals surface area contributed by atoms with Crippen LogP contribution < -0.4 is 10.6 Å². The van der Waals surface area contributed by atoms with Gasteiger partial charge in [-0.25, -0.2) is 0 Å². The molecule has 0 radical (unpaired) electrons. The van der Waals surface area contributed by atoms with Crippen LogP contribution in [-0.2, 0) is 9.53 Å². The zero-order valence-corrected chi connectivity index (χ0v) is 13.0. The van der Waals surface area contributed by atoms with Crippen LogP contribution in [0.2, 0.25) is 0 Å². The lowest BCUT2D eigenvalue weighted by Gasteiger charge is -2.33. The molecule has 4 nitrogen and oxygen atoms in total. The molecule has 3 unspecified atom stereocenters. The number of carbonyl (C=O) groups excluding carboxylic acids is 1. The van der Waals surface area contributed by atoms with Gasteiger partial charge in [0.1, 0.15) is 6.10 Å². The van der Waals surface area contributed by atoms with E-state index in [0.29, 0.717) is 12.1 Å². The molecular formula is C16H30N2O2. The van der Waals surface area contributed by atoms with Gasteiger partial charge < -0.3 is 15.4 Å². The van der Waals surface area contributed by atoms with Crippen molar-refractivity contribution in [3.63, 3.8) is 0 Å². The van der Waals surface area contributed by atoms with Crippen molar-refractivity contribution in [2.24, 2.45) is 0 Å². The Hall–Kier alpha value is -0.610. The van der Waals surface area contributed by atoms with E-state index < -0.39 is 0 Å². The fraction of sp³-hybridized carbons (Fsp3) is 0.938. The summed E-state index contributed by atoms with van der Waals surface area (Å²) in [5.41, 5.74) is 0. The molecule has 2 fully saturated rings. The molecule has 20 heavy (non-hydrogen) atoms. The lowest BCUT2D eigenvalue weighted by atomic mass is 9.92. The van der Waals surface area contributed by atoms with Crippen molar-refractivity contribution in [1.82, 2.24) is 10.6 Å². The SMILES string of the molecule is CNC1CCCCC1OC(C)C(=O)NC1CCCCC1. The molecule has 2 aliphatic carbocycles. The molecule has 4 heteroatoms. The van der Waals surface area contributed by atoms with E-state index in [1.54, 1.807) is 0 Å². The Kier molecular flexibility index (Phi) is 6.30. The fourth-order valence-corrected chi connectivity index (χ4v) is 3.48. The highest BCUT2D eigenvalue weighted by molar-refractivity contribution is 5.80. The Bertz CT molecular complexity index is 303. The summed E-state index contributed by atoms with van der Waals surface area (Å²) in [5.74, 6) is 0.0670. The maximum absolute atomic E-state index is 12.2. The molecule has 2 N–H and O–H groups in total. The molecule has 2 aliphatic rings. The predicted molar refractivity (Wildman–Crippen MR) is 80.7 cm³/mol. The zero-order chi connectivity index (χ0) is 14.4. The smallest absolute Gasteiger partial charge is 0.249 e. The van der Waals surface area contributed by atoms with Crippen LogP contribution in [0.15, 0.2) is 0 Å². The standard InChI is InChI=1S/C16H30N2O2/c1-12(16(19)18-13-8-4-3-5-9-13)20-15-11-7-6-10-14(15)17-2/h12-15,17H,3-11H2,1-2H3,(H,18,19). The Morgan fingerprint density at radius 2 is 1.70 bits per heavy atom. The van der Waals surface area contributed by atoms with Crippen molar-refractivity contribution in [2.45, 2.75) is 89.0 Å².